The minimum atomic E-state index is -3.51. The molecule has 0 spiro atoms. The highest BCUT2D eigenvalue weighted by Crippen LogP contribution is 2.29. The van der Waals surface area contributed by atoms with E-state index in [1.54, 1.807) is 30.3 Å². The van der Waals surface area contributed by atoms with E-state index in [0.717, 1.165) is 17.7 Å². The Morgan fingerprint density at radius 1 is 1.10 bits per heavy atom. The Kier molecular flexibility index (Phi) is 4.90. The zero-order valence-corrected chi connectivity index (χ0v) is 13.9. The predicted octanol–water partition coefficient (Wildman–Crippen LogP) is 3.50. The van der Waals surface area contributed by atoms with E-state index in [0.29, 0.717) is 22.1 Å². The van der Waals surface area contributed by atoms with Crippen molar-refractivity contribution in [2.24, 2.45) is 0 Å². The fraction of sp³-hybridized carbons (Fsp3) is 0.333. The number of aryl methyl sites for hydroxylation is 1. The predicted molar refractivity (Wildman–Crippen MR) is 89.4 cm³/mol. The number of benzene rings is 1. The summed E-state index contributed by atoms with van der Waals surface area (Å²) in [5.41, 5.74) is 6.95. The molecule has 0 saturated carbocycles. The molecule has 2 aromatic rings. The van der Waals surface area contributed by atoms with Gasteiger partial charge >= 0.3 is 0 Å². The van der Waals surface area contributed by atoms with E-state index in [-0.39, 0.29) is 0 Å². The first-order valence-electron chi connectivity index (χ1n) is 6.96. The fourth-order valence-electron chi connectivity index (χ4n) is 2.03. The minimum absolute atomic E-state index is 0.393. The maximum atomic E-state index is 12.8. The van der Waals surface area contributed by atoms with Crippen LogP contribution in [0.5, 0.6) is 0 Å². The summed E-state index contributed by atoms with van der Waals surface area (Å²) in [7, 11) is -3.51. The summed E-state index contributed by atoms with van der Waals surface area (Å²) in [5.74, 6) is 0. The number of anilines is 2. The van der Waals surface area contributed by atoms with Crippen LogP contribution >= 0.6 is 11.3 Å². The van der Waals surface area contributed by atoms with Gasteiger partial charge in [0, 0.05) is 17.1 Å². The smallest absolute Gasteiger partial charge is 0.273 e. The molecule has 1 aromatic carbocycles. The molecule has 1 aromatic heterocycles. The maximum Gasteiger partial charge on any atom is 0.273 e. The number of hydrogen-bond acceptors (Lipinski definition) is 4. The zero-order valence-electron chi connectivity index (χ0n) is 12.2. The van der Waals surface area contributed by atoms with E-state index in [4.69, 9.17) is 5.73 Å². The van der Waals surface area contributed by atoms with E-state index in [1.165, 1.54) is 15.6 Å². The van der Waals surface area contributed by atoms with Crippen molar-refractivity contribution in [3.05, 3.63) is 41.3 Å². The lowest BCUT2D eigenvalue weighted by atomic mass is 10.3. The van der Waals surface area contributed by atoms with Crippen LogP contribution in [-0.4, -0.2) is 15.0 Å². The van der Waals surface area contributed by atoms with Gasteiger partial charge in [-0.2, -0.15) is 0 Å². The van der Waals surface area contributed by atoms with E-state index < -0.39 is 10.0 Å². The molecule has 4 nitrogen and oxygen atoms in total. The lowest BCUT2D eigenvalue weighted by Crippen LogP contribution is -2.31. The molecular formula is C15H20N2O2S2. The molecule has 0 aliphatic rings. The number of thiophene rings is 1. The molecule has 114 valence electrons. The molecule has 2 rings (SSSR count). The molecule has 0 bridgehead atoms. The summed E-state index contributed by atoms with van der Waals surface area (Å²) >= 11 is 1.34. The van der Waals surface area contributed by atoms with Crippen molar-refractivity contribution < 1.29 is 8.42 Å². The van der Waals surface area contributed by atoms with Gasteiger partial charge in [-0.25, -0.2) is 8.42 Å². The third kappa shape index (κ3) is 3.39. The van der Waals surface area contributed by atoms with Crippen LogP contribution < -0.4 is 10.0 Å². The number of sulfonamides is 1. The topological polar surface area (TPSA) is 63.4 Å². The van der Waals surface area contributed by atoms with Crippen molar-refractivity contribution in [1.82, 2.24) is 0 Å². The second kappa shape index (κ2) is 6.49. The molecule has 0 aliphatic heterocycles. The van der Waals surface area contributed by atoms with Crippen molar-refractivity contribution in [3.8, 4) is 0 Å². The summed E-state index contributed by atoms with van der Waals surface area (Å²) in [6.07, 6.45) is 1.59. The Hall–Kier alpha value is -1.53. The summed E-state index contributed by atoms with van der Waals surface area (Å²) in [6.45, 7) is 4.43. The third-order valence-corrected chi connectivity index (χ3v) is 6.66. The Morgan fingerprint density at radius 3 is 2.29 bits per heavy atom. The number of nitrogens with two attached hydrogens (primary N) is 1. The van der Waals surface area contributed by atoms with Crippen molar-refractivity contribution in [2.75, 3.05) is 16.6 Å². The van der Waals surface area contributed by atoms with Crippen LogP contribution in [0.2, 0.25) is 0 Å². The molecule has 0 amide bonds. The molecular weight excluding hydrogens is 304 g/mol. The third-order valence-electron chi connectivity index (χ3n) is 3.14. The Morgan fingerprint density at radius 2 is 1.76 bits per heavy atom. The summed E-state index contributed by atoms with van der Waals surface area (Å²) in [5, 5.41) is 0. The van der Waals surface area contributed by atoms with Gasteiger partial charge in [-0.15, -0.1) is 11.3 Å². The SMILES string of the molecule is CCCN(c1ccc(N)cc1)S(=O)(=O)c1ccc(CC)s1. The van der Waals surface area contributed by atoms with Gasteiger partial charge < -0.3 is 5.73 Å². The lowest BCUT2D eigenvalue weighted by Gasteiger charge is -2.23. The van der Waals surface area contributed by atoms with E-state index in [9.17, 15) is 8.42 Å². The van der Waals surface area contributed by atoms with E-state index in [1.807, 2.05) is 19.9 Å². The molecule has 0 aliphatic carbocycles. The largest absolute Gasteiger partial charge is 0.399 e. The van der Waals surface area contributed by atoms with E-state index in [2.05, 4.69) is 0 Å². The molecule has 21 heavy (non-hydrogen) atoms. The molecule has 0 saturated heterocycles. The minimum Gasteiger partial charge on any atom is -0.399 e. The van der Waals surface area contributed by atoms with Crippen molar-refractivity contribution >= 4 is 32.7 Å². The quantitative estimate of drug-likeness (QED) is 0.827. The standard InChI is InChI=1S/C15H20N2O2S2/c1-3-11-17(13-7-5-12(16)6-8-13)21(18,19)15-10-9-14(4-2)20-15/h5-10H,3-4,11,16H2,1-2H3. The highest BCUT2D eigenvalue weighted by atomic mass is 32.2. The van der Waals surface area contributed by atoms with Crippen LogP contribution in [0.1, 0.15) is 25.1 Å². The van der Waals surface area contributed by atoms with Gasteiger partial charge in [0.25, 0.3) is 10.0 Å². The molecule has 6 heteroatoms. The Labute approximate surface area is 130 Å². The Balaban J connectivity index is 2.42. The van der Waals surface area contributed by atoms with Crippen LogP contribution in [-0.2, 0) is 16.4 Å². The van der Waals surface area contributed by atoms with E-state index >= 15 is 0 Å². The van der Waals surface area contributed by atoms with Crippen molar-refractivity contribution in [1.29, 1.82) is 0 Å². The molecule has 1 heterocycles. The number of hydrogen-bond donors (Lipinski definition) is 1. The zero-order chi connectivity index (χ0) is 15.5. The number of rotatable bonds is 6. The fourth-order valence-corrected chi connectivity index (χ4v) is 4.99. The number of nitrogen functional groups attached to an aromatic ring is 1. The van der Waals surface area contributed by atoms with Gasteiger partial charge in [-0.3, -0.25) is 4.31 Å². The van der Waals surface area contributed by atoms with Crippen LogP contribution in [0.15, 0.2) is 40.6 Å². The average Bonchev–Trinajstić information content (AvgIpc) is 2.95. The van der Waals surface area contributed by atoms with Crippen LogP contribution in [0.3, 0.4) is 0 Å². The molecule has 0 unspecified atom stereocenters. The highest BCUT2D eigenvalue weighted by molar-refractivity contribution is 7.94. The van der Waals surface area contributed by atoms with Crippen molar-refractivity contribution in [3.63, 3.8) is 0 Å². The monoisotopic (exact) mass is 324 g/mol. The molecule has 0 atom stereocenters. The van der Waals surface area contributed by atoms with Gasteiger partial charge in [0.2, 0.25) is 0 Å². The van der Waals surface area contributed by atoms with Gasteiger partial charge in [0.1, 0.15) is 4.21 Å². The Bertz CT molecular complexity index is 691. The first-order valence-corrected chi connectivity index (χ1v) is 9.21. The van der Waals surface area contributed by atoms with Gasteiger partial charge in [-0.1, -0.05) is 13.8 Å². The molecule has 2 N–H and O–H groups in total. The summed E-state index contributed by atoms with van der Waals surface area (Å²) < 4.78 is 27.5. The normalized spacial score (nSPS) is 11.5. The first kappa shape index (κ1) is 15.9. The van der Waals surface area contributed by atoms with Crippen molar-refractivity contribution in [2.45, 2.75) is 30.9 Å². The first-order chi connectivity index (χ1) is 9.98. The summed E-state index contributed by atoms with van der Waals surface area (Å²) in [4.78, 5) is 1.07. The van der Waals surface area contributed by atoms with Crippen LogP contribution in [0, 0.1) is 0 Å². The highest BCUT2D eigenvalue weighted by Gasteiger charge is 2.25. The van der Waals surface area contributed by atoms with Gasteiger partial charge in [0.05, 0.1) is 5.69 Å². The second-order valence-electron chi connectivity index (χ2n) is 4.74. The van der Waals surface area contributed by atoms with Gasteiger partial charge in [-0.05, 0) is 49.2 Å². The maximum absolute atomic E-state index is 12.8. The van der Waals surface area contributed by atoms with Crippen LogP contribution in [0.4, 0.5) is 11.4 Å². The molecule has 0 radical (unpaired) electrons. The lowest BCUT2D eigenvalue weighted by molar-refractivity contribution is 0.592. The van der Waals surface area contributed by atoms with Crippen LogP contribution in [0.25, 0.3) is 0 Å². The second-order valence-corrected chi connectivity index (χ2v) is 8.00. The molecule has 0 fully saturated rings. The summed E-state index contributed by atoms with van der Waals surface area (Å²) in [6, 6.07) is 10.5. The number of nitrogens with zero attached hydrogens (tertiary/aromatic N) is 1. The average molecular weight is 324 g/mol. The van der Waals surface area contributed by atoms with Gasteiger partial charge in [0.15, 0.2) is 0 Å².